The lowest BCUT2D eigenvalue weighted by molar-refractivity contribution is 0.0682. The third-order valence-electron chi connectivity index (χ3n) is 1.55. The Hall–Kier alpha value is -1.55. The molecule has 1 rings (SSSR count). The van der Waals surface area contributed by atoms with Crippen molar-refractivity contribution in [1.82, 2.24) is 4.98 Å². The Kier molecular flexibility index (Phi) is 3.31. The minimum absolute atomic E-state index is 0.0757. The van der Waals surface area contributed by atoms with Gasteiger partial charge in [0, 0.05) is 0 Å². The largest absolute Gasteiger partial charge is 0.478 e. The van der Waals surface area contributed by atoms with Crippen molar-refractivity contribution < 1.29 is 18.7 Å². The molecule has 1 N–H and O–H groups in total. The second-order valence-electron chi connectivity index (χ2n) is 2.47. The molecule has 0 aliphatic carbocycles. The maximum atomic E-state index is 12.4. The highest BCUT2D eigenvalue weighted by molar-refractivity contribution is 9.10. The lowest BCUT2D eigenvalue weighted by Crippen LogP contribution is -2.07. The molecule has 0 amide bonds. The zero-order valence-corrected chi connectivity index (χ0v) is 8.62. The van der Waals surface area contributed by atoms with Crippen LogP contribution < -0.4 is 0 Å². The van der Waals surface area contributed by atoms with Gasteiger partial charge in [0.25, 0.3) is 6.43 Å². The van der Waals surface area contributed by atoms with Gasteiger partial charge in [-0.05, 0) is 22.0 Å². The minimum Gasteiger partial charge on any atom is -0.478 e. The molecule has 7 heteroatoms. The molecule has 0 spiro atoms. The average molecular weight is 277 g/mol. The van der Waals surface area contributed by atoms with Crippen LogP contribution in [0.15, 0.2) is 10.5 Å². The summed E-state index contributed by atoms with van der Waals surface area (Å²) < 4.78 is 24.8. The monoisotopic (exact) mass is 276 g/mol. The Morgan fingerprint density at radius 2 is 2.27 bits per heavy atom. The molecule has 0 atom stereocenters. The fourth-order valence-electron chi connectivity index (χ4n) is 0.919. The molecule has 0 aliphatic heterocycles. The second-order valence-corrected chi connectivity index (χ2v) is 3.32. The Labute approximate surface area is 91.3 Å². The molecule has 1 aromatic rings. The van der Waals surface area contributed by atoms with E-state index < -0.39 is 23.7 Å². The smallest absolute Gasteiger partial charge is 0.337 e. The maximum Gasteiger partial charge on any atom is 0.337 e. The molecule has 0 aromatic carbocycles. The van der Waals surface area contributed by atoms with Gasteiger partial charge in [-0.15, -0.1) is 0 Å². The van der Waals surface area contributed by atoms with Gasteiger partial charge in [-0.25, -0.2) is 18.6 Å². The number of rotatable bonds is 2. The number of carboxylic acids is 1. The molecule has 1 aromatic heterocycles. The zero-order valence-electron chi connectivity index (χ0n) is 7.04. The van der Waals surface area contributed by atoms with Crippen LogP contribution in [0.3, 0.4) is 0 Å². The molecule has 78 valence electrons. The number of nitriles is 1. The number of pyridine rings is 1. The number of nitrogens with zero attached hydrogens (tertiary/aromatic N) is 2. The van der Waals surface area contributed by atoms with E-state index in [0.29, 0.717) is 0 Å². The average Bonchev–Trinajstić information content (AvgIpc) is 2.16. The highest BCUT2D eigenvalue weighted by Gasteiger charge is 2.22. The SMILES string of the molecule is N#Cc1nc(C(F)F)c(C(=O)O)cc1Br. The van der Waals surface area contributed by atoms with Gasteiger partial charge in [0.05, 0.1) is 10.0 Å². The van der Waals surface area contributed by atoms with Crippen molar-refractivity contribution >= 4 is 21.9 Å². The number of alkyl halides is 2. The van der Waals surface area contributed by atoms with Crippen LogP contribution in [-0.4, -0.2) is 16.1 Å². The molecule has 0 unspecified atom stereocenters. The summed E-state index contributed by atoms with van der Waals surface area (Å²) in [5.74, 6) is -1.51. The van der Waals surface area contributed by atoms with Crippen LogP contribution in [-0.2, 0) is 0 Å². The van der Waals surface area contributed by atoms with Crippen molar-refractivity contribution in [3.05, 3.63) is 27.5 Å². The lowest BCUT2D eigenvalue weighted by Gasteiger charge is -2.05. The van der Waals surface area contributed by atoms with E-state index in [1.807, 2.05) is 0 Å². The zero-order chi connectivity index (χ0) is 11.6. The number of carbonyl (C=O) groups is 1. The molecule has 0 bridgehead atoms. The number of aromatic nitrogens is 1. The van der Waals surface area contributed by atoms with Crippen LogP contribution >= 0.6 is 15.9 Å². The van der Waals surface area contributed by atoms with Gasteiger partial charge >= 0.3 is 5.97 Å². The summed E-state index contributed by atoms with van der Waals surface area (Å²) in [5, 5.41) is 17.1. The van der Waals surface area contributed by atoms with Crippen molar-refractivity contribution in [2.45, 2.75) is 6.43 Å². The van der Waals surface area contributed by atoms with Gasteiger partial charge in [-0.1, -0.05) is 0 Å². The van der Waals surface area contributed by atoms with Gasteiger partial charge in [0.1, 0.15) is 11.8 Å². The molecule has 0 aliphatic rings. The van der Waals surface area contributed by atoms with Crippen molar-refractivity contribution in [1.29, 1.82) is 5.26 Å². The topological polar surface area (TPSA) is 74.0 Å². The summed E-state index contributed by atoms with van der Waals surface area (Å²) in [6.07, 6.45) is -3.03. The maximum absolute atomic E-state index is 12.4. The summed E-state index contributed by atoms with van der Waals surface area (Å²) in [5.41, 5.74) is -1.78. The molecule has 1 heterocycles. The van der Waals surface area contributed by atoms with Gasteiger partial charge in [-0.3, -0.25) is 0 Å². The van der Waals surface area contributed by atoms with Crippen LogP contribution in [0.25, 0.3) is 0 Å². The van der Waals surface area contributed by atoms with E-state index in [2.05, 4.69) is 20.9 Å². The first-order valence-corrected chi connectivity index (χ1v) is 4.38. The summed E-state index contributed by atoms with van der Waals surface area (Å²) in [6.45, 7) is 0. The molecule has 0 saturated carbocycles. The Morgan fingerprint density at radius 1 is 1.67 bits per heavy atom. The molecular formula is C8H3BrF2N2O2. The molecular weight excluding hydrogens is 274 g/mol. The van der Waals surface area contributed by atoms with E-state index >= 15 is 0 Å². The molecule has 0 fully saturated rings. The molecule has 4 nitrogen and oxygen atoms in total. The number of aromatic carboxylic acids is 1. The molecule has 15 heavy (non-hydrogen) atoms. The highest BCUT2D eigenvalue weighted by Crippen LogP contribution is 2.25. The van der Waals surface area contributed by atoms with Gasteiger partial charge < -0.3 is 5.11 Å². The summed E-state index contributed by atoms with van der Waals surface area (Å²) in [4.78, 5) is 13.9. The second kappa shape index (κ2) is 4.31. The van der Waals surface area contributed by atoms with Crippen molar-refractivity contribution in [2.75, 3.05) is 0 Å². The molecule has 0 radical (unpaired) electrons. The third-order valence-corrected chi connectivity index (χ3v) is 2.15. The van der Waals surface area contributed by atoms with E-state index in [4.69, 9.17) is 10.4 Å². The normalized spacial score (nSPS) is 10.1. The van der Waals surface area contributed by atoms with Crippen LogP contribution in [0.5, 0.6) is 0 Å². The summed E-state index contributed by atoms with van der Waals surface area (Å²) >= 11 is 2.87. The van der Waals surface area contributed by atoms with Crippen molar-refractivity contribution in [3.63, 3.8) is 0 Å². The van der Waals surface area contributed by atoms with E-state index in [0.717, 1.165) is 6.07 Å². The fourth-order valence-corrected chi connectivity index (χ4v) is 1.33. The number of halogens is 3. The third kappa shape index (κ3) is 2.27. The molecule has 0 saturated heterocycles. The fraction of sp³-hybridized carbons (Fsp3) is 0.125. The number of carboxylic acid groups (broad SMARTS) is 1. The first-order chi connectivity index (χ1) is 6.97. The Bertz CT molecular complexity index is 457. The summed E-state index contributed by atoms with van der Waals surface area (Å²) in [7, 11) is 0. The van der Waals surface area contributed by atoms with Crippen LogP contribution in [0.4, 0.5) is 8.78 Å². The van der Waals surface area contributed by atoms with Crippen molar-refractivity contribution in [3.8, 4) is 6.07 Å². The summed E-state index contributed by atoms with van der Waals surface area (Å²) in [6, 6.07) is 2.51. The number of hydrogen-bond acceptors (Lipinski definition) is 3. The van der Waals surface area contributed by atoms with E-state index in [1.165, 1.54) is 0 Å². The van der Waals surface area contributed by atoms with Crippen LogP contribution in [0.2, 0.25) is 0 Å². The predicted octanol–water partition coefficient (Wildman–Crippen LogP) is 2.35. The lowest BCUT2D eigenvalue weighted by atomic mass is 10.2. The first-order valence-electron chi connectivity index (χ1n) is 3.59. The van der Waals surface area contributed by atoms with Crippen LogP contribution in [0, 0.1) is 11.3 Å². The quantitative estimate of drug-likeness (QED) is 0.900. The number of hydrogen-bond donors (Lipinski definition) is 1. The Morgan fingerprint density at radius 3 is 2.67 bits per heavy atom. The van der Waals surface area contributed by atoms with Gasteiger partial charge in [0.15, 0.2) is 5.69 Å². The predicted molar refractivity (Wildman–Crippen MR) is 48.6 cm³/mol. The van der Waals surface area contributed by atoms with Crippen LogP contribution in [0.1, 0.15) is 28.2 Å². The van der Waals surface area contributed by atoms with Gasteiger partial charge in [0.2, 0.25) is 0 Å². The van der Waals surface area contributed by atoms with Crippen molar-refractivity contribution in [2.24, 2.45) is 0 Å². The van der Waals surface area contributed by atoms with E-state index in [1.54, 1.807) is 6.07 Å². The van der Waals surface area contributed by atoms with E-state index in [9.17, 15) is 13.6 Å². The standard InChI is InChI=1S/C8H3BrF2N2O2/c9-4-1-3(8(14)15)6(7(10)11)13-5(4)2-12/h1,7H,(H,14,15). The minimum atomic E-state index is -3.03. The van der Waals surface area contributed by atoms with Gasteiger partial charge in [-0.2, -0.15) is 5.26 Å². The highest BCUT2D eigenvalue weighted by atomic mass is 79.9. The Balaban J connectivity index is 3.47. The van der Waals surface area contributed by atoms with E-state index in [-0.39, 0.29) is 10.2 Å². The first kappa shape index (κ1) is 11.5.